The molecule has 3 N–H and O–H groups in total. The molecule has 4 nitrogen and oxygen atoms in total. The van der Waals surface area contributed by atoms with Gasteiger partial charge in [-0.05, 0) is 48.4 Å². The number of carbonyl (C=O) groups is 1. The van der Waals surface area contributed by atoms with Gasteiger partial charge in [-0.3, -0.25) is 4.79 Å². The number of nitrogens with one attached hydrogen (secondary N) is 1. The molecule has 0 unspecified atom stereocenters. The maximum atomic E-state index is 11.1. The fraction of sp³-hybridized carbons (Fsp3) is 0.381. The lowest BCUT2D eigenvalue weighted by Gasteiger charge is -2.09. The lowest BCUT2D eigenvalue weighted by atomic mass is 10.0. The Kier molecular flexibility index (Phi) is 7.99. The molecule has 4 heteroatoms. The Bertz CT molecular complexity index is 653. The molecule has 0 aliphatic rings. The molecular formula is C21H28N2O2. The molecule has 0 bridgehead atoms. The minimum Gasteiger partial charge on any atom is -0.492 e. The van der Waals surface area contributed by atoms with Crippen LogP contribution in [0, 0.1) is 0 Å². The predicted octanol–water partition coefficient (Wildman–Crippen LogP) is 4.00. The van der Waals surface area contributed by atoms with Crippen LogP contribution in [0.3, 0.4) is 0 Å². The minimum atomic E-state index is -0.411. The van der Waals surface area contributed by atoms with Gasteiger partial charge in [-0.25, -0.2) is 0 Å². The van der Waals surface area contributed by atoms with E-state index in [1.54, 1.807) is 12.1 Å². The van der Waals surface area contributed by atoms with E-state index in [0.717, 1.165) is 30.0 Å². The molecule has 1 amide bonds. The third-order valence-corrected chi connectivity index (χ3v) is 4.09. The van der Waals surface area contributed by atoms with Gasteiger partial charge in [0.05, 0.1) is 0 Å². The van der Waals surface area contributed by atoms with Gasteiger partial charge >= 0.3 is 0 Å². The van der Waals surface area contributed by atoms with Crippen LogP contribution in [0.2, 0.25) is 0 Å². The third-order valence-electron chi connectivity index (χ3n) is 4.09. The molecule has 0 saturated heterocycles. The van der Waals surface area contributed by atoms with Crippen LogP contribution in [0.15, 0.2) is 48.5 Å². The number of amides is 1. The average Bonchev–Trinajstić information content (AvgIpc) is 2.64. The van der Waals surface area contributed by atoms with E-state index in [9.17, 15) is 4.79 Å². The van der Waals surface area contributed by atoms with Gasteiger partial charge in [0.2, 0.25) is 5.91 Å². The van der Waals surface area contributed by atoms with E-state index in [-0.39, 0.29) is 0 Å². The Morgan fingerprint density at radius 1 is 1.00 bits per heavy atom. The van der Waals surface area contributed by atoms with Gasteiger partial charge in [0.15, 0.2) is 0 Å². The summed E-state index contributed by atoms with van der Waals surface area (Å²) in [5.74, 6) is 0.440. The Morgan fingerprint density at radius 2 is 1.80 bits per heavy atom. The molecule has 0 heterocycles. The van der Waals surface area contributed by atoms with E-state index in [4.69, 9.17) is 10.5 Å². The zero-order chi connectivity index (χ0) is 17.9. The number of rotatable bonds is 11. The fourth-order valence-electron chi connectivity index (χ4n) is 2.64. The highest BCUT2D eigenvalue weighted by Crippen LogP contribution is 2.24. The van der Waals surface area contributed by atoms with Crippen molar-refractivity contribution in [2.45, 2.75) is 32.6 Å². The smallest absolute Gasteiger partial charge is 0.248 e. The number of hydrogen-bond acceptors (Lipinski definition) is 3. The predicted molar refractivity (Wildman–Crippen MR) is 103 cm³/mol. The standard InChI is InChI=1S/C21H28N2O2/c1-2-3-4-5-13-23-14-15-25-20-8-6-7-19(16-20)17-9-11-18(12-10-17)21(22)24/h6-12,16,23H,2-5,13-15H2,1H3,(H2,22,24). The summed E-state index contributed by atoms with van der Waals surface area (Å²) in [5.41, 5.74) is 7.88. The molecular weight excluding hydrogens is 312 g/mol. The van der Waals surface area contributed by atoms with Crippen molar-refractivity contribution in [2.75, 3.05) is 19.7 Å². The van der Waals surface area contributed by atoms with Crippen LogP contribution in [0.1, 0.15) is 43.0 Å². The van der Waals surface area contributed by atoms with Crippen molar-refractivity contribution in [1.29, 1.82) is 0 Å². The second-order valence-electron chi connectivity index (χ2n) is 6.13. The molecule has 0 saturated carbocycles. The average molecular weight is 340 g/mol. The highest BCUT2D eigenvalue weighted by atomic mass is 16.5. The third kappa shape index (κ3) is 6.59. The van der Waals surface area contributed by atoms with Crippen molar-refractivity contribution >= 4 is 5.91 Å². The van der Waals surface area contributed by atoms with Crippen LogP contribution < -0.4 is 15.8 Å². The maximum absolute atomic E-state index is 11.1. The molecule has 2 aromatic carbocycles. The molecule has 0 fully saturated rings. The Hall–Kier alpha value is -2.33. The molecule has 0 radical (unpaired) electrons. The zero-order valence-corrected chi connectivity index (χ0v) is 15.0. The molecule has 2 aromatic rings. The minimum absolute atomic E-state index is 0.411. The van der Waals surface area contributed by atoms with E-state index in [1.165, 1.54) is 25.7 Å². The first kappa shape index (κ1) is 19.0. The SMILES string of the molecule is CCCCCCNCCOc1cccc(-c2ccc(C(N)=O)cc2)c1. The van der Waals surface area contributed by atoms with Gasteiger partial charge in [-0.1, -0.05) is 50.5 Å². The summed E-state index contributed by atoms with van der Waals surface area (Å²) in [4.78, 5) is 11.1. The molecule has 134 valence electrons. The first-order chi connectivity index (χ1) is 12.2. The topological polar surface area (TPSA) is 64.3 Å². The Balaban J connectivity index is 1.80. The molecule has 0 aliphatic carbocycles. The summed E-state index contributed by atoms with van der Waals surface area (Å²) in [6.45, 7) is 4.78. The summed E-state index contributed by atoms with van der Waals surface area (Å²) in [5, 5.41) is 3.41. The lowest BCUT2D eigenvalue weighted by molar-refractivity contribution is 0.100. The van der Waals surface area contributed by atoms with E-state index in [0.29, 0.717) is 12.2 Å². The van der Waals surface area contributed by atoms with Crippen LogP contribution in [-0.2, 0) is 0 Å². The Morgan fingerprint density at radius 3 is 2.52 bits per heavy atom. The largest absolute Gasteiger partial charge is 0.492 e. The van der Waals surface area contributed by atoms with Gasteiger partial charge in [0, 0.05) is 12.1 Å². The zero-order valence-electron chi connectivity index (χ0n) is 15.0. The number of ether oxygens (including phenoxy) is 1. The monoisotopic (exact) mass is 340 g/mol. The molecule has 0 atom stereocenters. The number of nitrogens with two attached hydrogens (primary N) is 1. The molecule has 2 rings (SSSR count). The fourth-order valence-corrected chi connectivity index (χ4v) is 2.64. The van der Waals surface area contributed by atoms with Crippen molar-refractivity contribution in [3.63, 3.8) is 0 Å². The van der Waals surface area contributed by atoms with Crippen LogP contribution in [0.4, 0.5) is 0 Å². The van der Waals surface area contributed by atoms with Crippen molar-refractivity contribution in [2.24, 2.45) is 5.73 Å². The van der Waals surface area contributed by atoms with E-state index < -0.39 is 5.91 Å². The van der Waals surface area contributed by atoms with Crippen LogP contribution in [0.5, 0.6) is 5.75 Å². The van der Waals surface area contributed by atoms with Gasteiger partial charge in [-0.2, -0.15) is 0 Å². The van der Waals surface area contributed by atoms with Crippen LogP contribution in [0.25, 0.3) is 11.1 Å². The van der Waals surface area contributed by atoms with Crippen molar-refractivity contribution in [3.05, 3.63) is 54.1 Å². The second-order valence-corrected chi connectivity index (χ2v) is 6.13. The number of carbonyl (C=O) groups excluding carboxylic acids is 1. The number of hydrogen-bond donors (Lipinski definition) is 2. The second kappa shape index (κ2) is 10.5. The highest BCUT2D eigenvalue weighted by Gasteiger charge is 2.03. The first-order valence-corrected chi connectivity index (χ1v) is 9.04. The summed E-state index contributed by atoms with van der Waals surface area (Å²) >= 11 is 0. The van der Waals surface area contributed by atoms with Crippen LogP contribution in [-0.4, -0.2) is 25.6 Å². The van der Waals surface area contributed by atoms with E-state index in [2.05, 4.69) is 12.2 Å². The number of benzene rings is 2. The van der Waals surface area contributed by atoms with Crippen molar-refractivity contribution in [3.8, 4) is 16.9 Å². The summed E-state index contributed by atoms with van der Waals surface area (Å²) in [6, 6.07) is 15.3. The number of unbranched alkanes of at least 4 members (excludes halogenated alkanes) is 3. The molecule has 0 aromatic heterocycles. The van der Waals surface area contributed by atoms with Crippen LogP contribution >= 0.6 is 0 Å². The Labute approximate surface area is 150 Å². The first-order valence-electron chi connectivity index (χ1n) is 9.04. The van der Waals surface area contributed by atoms with Crippen molar-refractivity contribution < 1.29 is 9.53 Å². The summed E-state index contributed by atoms with van der Waals surface area (Å²) in [6.07, 6.45) is 5.10. The molecule has 0 spiro atoms. The van der Waals surface area contributed by atoms with E-state index >= 15 is 0 Å². The van der Waals surface area contributed by atoms with Gasteiger partial charge in [0.1, 0.15) is 12.4 Å². The highest BCUT2D eigenvalue weighted by molar-refractivity contribution is 5.93. The summed E-state index contributed by atoms with van der Waals surface area (Å²) in [7, 11) is 0. The van der Waals surface area contributed by atoms with E-state index in [1.807, 2.05) is 36.4 Å². The molecule has 25 heavy (non-hydrogen) atoms. The van der Waals surface area contributed by atoms with Crippen molar-refractivity contribution in [1.82, 2.24) is 5.32 Å². The lowest BCUT2D eigenvalue weighted by Crippen LogP contribution is -2.22. The number of primary amides is 1. The van der Waals surface area contributed by atoms with Gasteiger partial charge in [-0.15, -0.1) is 0 Å². The summed E-state index contributed by atoms with van der Waals surface area (Å²) < 4.78 is 5.82. The maximum Gasteiger partial charge on any atom is 0.248 e. The molecule has 0 aliphatic heterocycles. The van der Waals surface area contributed by atoms with Gasteiger partial charge < -0.3 is 15.8 Å². The normalized spacial score (nSPS) is 10.6. The van der Waals surface area contributed by atoms with Gasteiger partial charge in [0.25, 0.3) is 0 Å². The quantitative estimate of drug-likeness (QED) is 0.608.